The smallest absolute Gasteiger partial charge is 0.268 e. The summed E-state index contributed by atoms with van der Waals surface area (Å²) in [5.74, 6) is 0. The lowest BCUT2D eigenvalue weighted by Gasteiger charge is -2.03. The first-order valence-electron chi connectivity index (χ1n) is 3.40. The van der Waals surface area contributed by atoms with E-state index < -0.39 is 0 Å². The molecule has 4 nitrogen and oxygen atoms in total. The topological polar surface area (TPSA) is 66.0 Å². The zero-order valence-electron chi connectivity index (χ0n) is 6.61. The van der Waals surface area contributed by atoms with E-state index in [-0.39, 0.29) is 17.7 Å². The van der Waals surface area contributed by atoms with Gasteiger partial charge in [0.25, 0.3) is 5.56 Å². The maximum atomic E-state index is 11.2. The molecule has 0 amide bonds. The summed E-state index contributed by atoms with van der Waals surface area (Å²) in [5.41, 5.74) is 0.220. The Hall–Kier alpha value is -1.60. The van der Waals surface area contributed by atoms with E-state index in [9.17, 15) is 4.79 Å². The normalized spacial score (nSPS) is 9.42. The van der Waals surface area contributed by atoms with Crippen LogP contribution in [0.3, 0.4) is 0 Å². The van der Waals surface area contributed by atoms with Crippen molar-refractivity contribution in [2.75, 3.05) is 0 Å². The SMILES string of the molecule is Cn1c(CO)ccc(C#N)c1=O. The fraction of sp³-hybridized carbons (Fsp3) is 0.250. The van der Waals surface area contributed by atoms with Crippen molar-refractivity contribution in [2.45, 2.75) is 6.61 Å². The van der Waals surface area contributed by atoms with Crippen LogP contribution >= 0.6 is 0 Å². The van der Waals surface area contributed by atoms with E-state index in [4.69, 9.17) is 10.4 Å². The first-order valence-corrected chi connectivity index (χ1v) is 3.40. The Labute approximate surface area is 69.3 Å². The predicted octanol–water partition coefficient (Wildman–Crippen LogP) is -0.251. The number of nitriles is 1. The Morgan fingerprint density at radius 3 is 2.83 bits per heavy atom. The van der Waals surface area contributed by atoms with Crippen LogP contribution < -0.4 is 5.56 Å². The fourth-order valence-electron chi connectivity index (χ4n) is 0.918. The summed E-state index contributed by atoms with van der Waals surface area (Å²) < 4.78 is 1.26. The summed E-state index contributed by atoms with van der Waals surface area (Å²) >= 11 is 0. The minimum atomic E-state index is -0.371. The van der Waals surface area contributed by atoms with Gasteiger partial charge in [0, 0.05) is 12.7 Å². The van der Waals surface area contributed by atoms with Gasteiger partial charge < -0.3 is 9.67 Å². The Morgan fingerprint density at radius 2 is 2.33 bits per heavy atom. The highest BCUT2D eigenvalue weighted by Gasteiger charge is 2.02. The summed E-state index contributed by atoms with van der Waals surface area (Å²) in [4.78, 5) is 11.2. The van der Waals surface area contributed by atoms with Gasteiger partial charge in [0.1, 0.15) is 11.6 Å². The van der Waals surface area contributed by atoms with Gasteiger partial charge in [-0.2, -0.15) is 5.26 Å². The maximum absolute atomic E-state index is 11.2. The van der Waals surface area contributed by atoms with Crippen molar-refractivity contribution in [3.05, 3.63) is 33.7 Å². The highest BCUT2D eigenvalue weighted by molar-refractivity contribution is 5.27. The van der Waals surface area contributed by atoms with Crippen molar-refractivity contribution in [3.8, 4) is 6.07 Å². The molecular weight excluding hydrogens is 156 g/mol. The molecule has 0 unspecified atom stereocenters. The first kappa shape index (κ1) is 8.50. The van der Waals surface area contributed by atoms with Crippen molar-refractivity contribution in [1.29, 1.82) is 5.26 Å². The zero-order valence-corrected chi connectivity index (χ0v) is 6.61. The predicted molar refractivity (Wildman–Crippen MR) is 42.3 cm³/mol. The molecule has 0 aliphatic rings. The monoisotopic (exact) mass is 164 g/mol. The molecule has 0 saturated heterocycles. The zero-order chi connectivity index (χ0) is 9.14. The van der Waals surface area contributed by atoms with Crippen molar-refractivity contribution < 1.29 is 5.11 Å². The number of aliphatic hydroxyl groups excluding tert-OH is 1. The van der Waals surface area contributed by atoms with E-state index in [0.717, 1.165) is 0 Å². The molecule has 0 fully saturated rings. The summed E-state index contributed by atoms with van der Waals surface area (Å²) in [7, 11) is 1.52. The molecule has 0 bridgehead atoms. The summed E-state index contributed by atoms with van der Waals surface area (Å²) in [6, 6.07) is 4.74. The van der Waals surface area contributed by atoms with Gasteiger partial charge in [0.2, 0.25) is 0 Å². The highest BCUT2D eigenvalue weighted by atomic mass is 16.3. The van der Waals surface area contributed by atoms with Crippen LogP contribution in [0.5, 0.6) is 0 Å². The summed E-state index contributed by atoms with van der Waals surface area (Å²) in [5, 5.41) is 17.2. The summed E-state index contributed by atoms with van der Waals surface area (Å²) in [6.45, 7) is -0.197. The third-order valence-electron chi connectivity index (χ3n) is 1.69. The molecule has 1 aromatic heterocycles. The number of nitrogens with zero attached hydrogens (tertiary/aromatic N) is 2. The molecule has 1 N–H and O–H groups in total. The molecular formula is C8H8N2O2. The maximum Gasteiger partial charge on any atom is 0.268 e. The van der Waals surface area contributed by atoms with Gasteiger partial charge >= 0.3 is 0 Å². The third kappa shape index (κ3) is 1.22. The number of pyridine rings is 1. The second-order valence-electron chi connectivity index (χ2n) is 2.37. The van der Waals surface area contributed by atoms with Crippen LogP contribution in [0.1, 0.15) is 11.3 Å². The van der Waals surface area contributed by atoms with E-state index in [1.165, 1.54) is 17.7 Å². The number of aromatic nitrogens is 1. The molecule has 0 atom stereocenters. The molecule has 0 aromatic carbocycles. The number of hydrogen-bond donors (Lipinski definition) is 1. The average Bonchev–Trinajstić information content (AvgIpc) is 2.10. The van der Waals surface area contributed by atoms with E-state index in [2.05, 4.69) is 0 Å². The second kappa shape index (κ2) is 3.20. The Kier molecular flexibility index (Phi) is 2.26. The molecule has 0 saturated carbocycles. The van der Waals surface area contributed by atoms with Gasteiger partial charge in [-0.15, -0.1) is 0 Å². The fourth-order valence-corrected chi connectivity index (χ4v) is 0.918. The van der Waals surface area contributed by atoms with Crippen LogP contribution in [0.2, 0.25) is 0 Å². The van der Waals surface area contributed by atoms with Gasteiger partial charge in [0.05, 0.1) is 6.61 Å². The van der Waals surface area contributed by atoms with E-state index >= 15 is 0 Å². The second-order valence-corrected chi connectivity index (χ2v) is 2.37. The minimum Gasteiger partial charge on any atom is -0.390 e. The van der Waals surface area contributed by atoms with Crippen LogP contribution in [0.4, 0.5) is 0 Å². The lowest BCUT2D eigenvalue weighted by atomic mass is 10.2. The van der Waals surface area contributed by atoms with Crippen LogP contribution in [-0.4, -0.2) is 9.67 Å². The molecule has 0 radical (unpaired) electrons. The molecule has 1 aromatic rings. The van der Waals surface area contributed by atoms with Gasteiger partial charge in [-0.3, -0.25) is 4.79 Å². The van der Waals surface area contributed by atoms with Crippen LogP contribution in [0, 0.1) is 11.3 Å². The number of aliphatic hydroxyl groups is 1. The van der Waals surface area contributed by atoms with Gasteiger partial charge in [0.15, 0.2) is 0 Å². The lowest BCUT2D eigenvalue weighted by Crippen LogP contribution is -2.22. The van der Waals surface area contributed by atoms with E-state index in [1.807, 2.05) is 0 Å². The molecule has 0 aliphatic carbocycles. The largest absolute Gasteiger partial charge is 0.390 e. The van der Waals surface area contributed by atoms with Gasteiger partial charge in [-0.1, -0.05) is 0 Å². The molecule has 12 heavy (non-hydrogen) atoms. The highest BCUT2D eigenvalue weighted by Crippen LogP contribution is 1.96. The molecule has 4 heteroatoms. The number of hydrogen-bond acceptors (Lipinski definition) is 3. The Balaban J connectivity index is 3.43. The molecule has 0 spiro atoms. The molecule has 1 heterocycles. The van der Waals surface area contributed by atoms with E-state index in [1.54, 1.807) is 12.1 Å². The average molecular weight is 164 g/mol. The van der Waals surface area contributed by atoms with Crippen LogP contribution in [-0.2, 0) is 13.7 Å². The quantitative estimate of drug-likeness (QED) is 0.622. The standard InChI is InChI=1S/C8H8N2O2/c1-10-7(5-11)3-2-6(4-9)8(10)12/h2-3,11H,5H2,1H3. The van der Waals surface area contributed by atoms with Gasteiger partial charge in [-0.05, 0) is 12.1 Å². The third-order valence-corrected chi connectivity index (χ3v) is 1.69. The summed E-state index contributed by atoms with van der Waals surface area (Å²) in [6.07, 6.45) is 0. The number of rotatable bonds is 1. The molecule has 0 aliphatic heterocycles. The minimum absolute atomic E-state index is 0.0923. The van der Waals surface area contributed by atoms with Crippen molar-refractivity contribution >= 4 is 0 Å². The Morgan fingerprint density at radius 1 is 1.67 bits per heavy atom. The van der Waals surface area contributed by atoms with E-state index in [0.29, 0.717) is 5.69 Å². The molecule has 1 rings (SSSR count). The van der Waals surface area contributed by atoms with Crippen molar-refractivity contribution in [2.24, 2.45) is 7.05 Å². The Bertz CT molecular complexity index is 387. The lowest BCUT2D eigenvalue weighted by molar-refractivity contribution is 0.271. The van der Waals surface area contributed by atoms with Crippen molar-refractivity contribution in [3.63, 3.8) is 0 Å². The molecule has 62 valence electrons. The van der Waals surface area contributed by atoms with Gasteiger partial charge in [-0.25, -0.2) is 0 Å². The first-order chi connectivity index (χ1) is 5.70. The van der Waals surface area contributed by atoms with Crippen LogP contribution in [0.25, 0.3) is 0 Å². The van der Waals surface area contributed by atoms with Crippen LogP contribution in [0.15, 0.2) is 16.9 Å². The van der Waals surface area contributed by atoms with Crippen molar-refractivity contribution in [1.82, 2.24) is 4.57 Å².